The number of benzene rings is 2. The van der Waals surface area contributed by atoms with Crippen molar-refractivity contribution in [3.05, 3.63) is 65.7 Å². The molecule has 0 saturated carbocycles. The van der Waals surface area contributed by atoms with Crippen molar-refractivity contribution in [2.45, 2.75) is 31.2 Å². The molecule has 3 heterocycles. The smallest absolute Gasteiger partial charge is 0.274 e. The number of para-hydroxylation sites is 1. The van der Waals surface area contributed by atoms with Crippen molar-refractivity contribution >= 4 is 33.1 Å². The predicted octanol–water partition coefficient (Wildman–Crippen LogP) is 2.33. The van der Waals surface area contributed by atoms with Crippen LogP contribution < -0.4 is 4.90 Å². The van der Waals surface area contributed by atoms with Gasteiger partial charge in [0.25, 0.3) is 5.91 Å². The Morgan fingerprint density at radius 2 is 1.74 bits per heavy atom. The maximum Gasteiger partial charge on any atom is 0.274 e. The standard InChI is InChI=1S/C23H23N3O4S/c27-22-11-10-20(24-26(22)17-12-13-31(29,30)15-17)23(28)25-14-19(16-6-2-1-3-7-16)18-8-4-5-9-21(18)25/h1-9,17,19H,10-15H2. The van der Waals surface area contributed by atoms with Crippen LogP contribution in [0.4, 0.5) is 5.69 Å². The predicted molar refractivity (Wildman–Crippen MR) is 118 cm³/mol. The summed E-state index contributed by atoms with van der Waals surface area (Å²) in [4.78, 5) is 27.6. The van der Waals surface area contributed by atoms with Crippen molar-refractivity contribution < 1.29 is 18.0 Å². The van der Waals surface area contributed by atoms with Crippen LogP contribution in [0.3, 0.4) is 0 Å². The van der Waals surface area contributed by atoms with Crippen LogP contribution in [0.15, 0.2) is 59.7 Å². The summed E-state index contributed by atoms with van der Waals surface area (Å²) >= 11 is 0. The molecule has 3 aliphatic heterocycles. The highest BCUT2D eigenvalue weighted by molar-refractivity contribution is 7.91. The minimum Gasteiger partial charge on any atom is -0.306 e. The third-order valence-electron chi connectivity index (χ3n) is 6.28. The Kier molecular flexibility index (Phi) is 4.89. The van der Waals surface area contributed by atoms with E-state index in [1.807, 2.05) is 42.5 Å². The van der Waals surface area contributed by atoms with Crippen molar-refractivity contribution in [1.82, 2.24) is 5.01 Å². The van der Waals surface area contributed by atoms with E-state index in [0.717, 1.165) is 16.8 Å². The molecule has 3 aliphatic rings. The summed E-state index contributed by atoms with van der Waals surface area (Å²) in [6.07, 6.45) is 0.794. The maximum atomic E-state index is 13.5. The third-order valence-corrected chi connectivity index (χ3v) is 8.03. The molecule has 8 heteroatoms. The molecule has 31 heavy (non-hydrogen) atoms. The number of rotatable bonds is 3. The van der Waals surface area contributed by atoms with Gasteiger partial charge >= 0.3 is 0 Å². The monoisotopic (exact) mass is 437 g/mol. The molecule has 0 aliphatic carbocycles. The van der Waals surface area contributed by atoms with Gasteiger partial charge in [-0.05, 0) is 23.6 Å². The second-order valence-corrected chi connectivity index (χ2v) is 10.5. The number of anilines is 1. The number of carbonyl (C=O) groups excluding carboxylic acids is 2. The Hall–Kier alpha value is -3.00. The molecule has 160 valence electrons. The molecule has 0 radical (unpaired) electrons. The Morgan fingerprint density at radius 1 is 1.00 bits per heavy atom. The zero-order valence-corrected chi connectivity index (χ0v) is 17.8. The highest BCUT2D eigenvalue weighted by Crippen LogP contribution is 2.40. The molecule has 2 aromatic carbocycles. The fraction of sp³-hybridized carbons (Fsp3) is 0.348. The SMILES string of the molecule is O=C(C1=NN(C2CCS(=O)(=O)C2)C(=O)CC1)N1CC(c2ccccc2)c2ccccc21. The summed E-state index contributed by atoms with van der Waals surface area (Å²) in [5.74, 6) is -0.402. The molecule has 2 amide bonds. The van der Waals surface area contributed by atoms with Gasteiger partial charge in [-0.15, -0.1) is 0 Å². The lowest BCUT2D eigenvalue weighted by Crippen LogP contribution is -2.45. The van der Waals surface area contributed by atoms with Gasteiger partial charge < -0.3 is 4.90 Å². The lowest BCUT2D eigenvalue weighted by molar-refractivity contribution is -0.133. The quantitative estimate of drug-likeness (QED) is 0.737. The number of amides is 2. The molecule has 2 atom stereocenters. The Bertz CT molecular complexity index is 1180. The minimum absolute atomic E-state index is 0.0541. The molecular formula is C23H23N3O4S. The van der Waals surface area contributed by atoms with Gasteiger partial charge in [0, 0.05) is 31.0 Å². The van der Waals surface area contributed by atoms with Crippen LogP contribution in [0.25, 0.3) is 0 Å². The van der Waals surface area contributed by atoms with Gasteiger partial charge in [-0.3, -0.25) is 9.59 Å². The van der Waals surface area contributed by atoms with Crippen molar-refractivity contribution in [2.24, 2.45) is 5.10 Å². The summed E-state index contributed by atoms with van der Waals surface area (Å²) < 4.78 is 23.7. The van der Waals surface area contributed by atoms with Crippen LogP contribution in [-0.4, -0.2) is 55.0 Å². The Labute approximate surface area is 181 Å². The number of sulfone groups is 1. The van der Waals surface area contributed by atoms with E-state index in [0.29, 0.717) is 18.7 Å². The molecule has 0 bridgehead atoms. The first kappa shape index (κ1) is 19.9. The van der Waals surface area contributed by atoms with E-state index in [2.05, 4.69) is 17.2 Å². The van der Waals surface area contributed by atoms with E-state index in [9.17, 15) is 18.0 Å². The van der Waals surface area contributed by atoms with Crippen molar-refractivity contribution in [1.29, 1.82) is 0 Å². The highest BCUT2D eigenvalue weighted by Gasteiger charge is 2.40. The van der Waals surface area contributed by atoms with Crippen LogP contribution in [-0.2, 0) is 19.4 Å². The van der Waals surface area contributed by atoms with E-state index in [1.165, 1.54) is 5.01 Å². The van der Waals surface area contributed by atoms with Gasteiger partial charge in [0.2, 0.25) is 5.91 Å². The number of nitrogens with zero attached hydrogens (tertiary/aromatic N) is 3. The summed E-state index contributed by atoms with van der Waals surface area (Å²) in [7, 11) is -3.16. The van der Waals surface area contributed by atoms with Crippen LogP contribution >= 0.6 is 0 Å². The molecular weight excluding hydrogens is 414 g/mol. The van der Waals surface area contributed by atoms with Gasteiger partial charge in [-0.1, -0.05) is 48.5 Å². The van der Waals surface area contributed by atoms with Crippen LogP contribution in [0.2, 0.25) is 0 Å². The number of carbonyl (C=O) groups is 2. The summed E-state index contributed by atoms with van der Waals surface area (Å²) in [6.45, 7) is 0.507. The molecule has 1 fully saturated rings. The second kappa shape index (κ2) is 7.60. The largest absolute Gasteiger partial charge is 0.306 e. The number of hydrazone groups is 1. The van der Waals surface area contributed by atoms with Gasteiger partial charge in [-0.2, -0.15) is 5.10 Å². The van der Waals surface area contributed by atoms with Crippen LogP contribution in [0.1, 0.15) is 36.3 Å². The molecule has 2 aromatic rings. The average Bonchev–Trinajstić information content (AvgIpc) is 3.34. The zero-order chi connectivity index (χ0) is 21.6. The molecule has 0 aromatic heterocycles. The molecule has 0 N–H and O–H groups in total. The van der Waals surface area contributed by atoms with Gasteiger partial charge in [0.15, 0.2) is 9.84 Å². The van der Waals surface area contributed by atoms with E-state index in [-0.39, 0.29) is 42.1 Å². The zero-order valence-electron chi connectivity index (χ0n) is 17.0. The van der Waals surface area contributed by atoms with E-state index in [4.69, 9.17) is 0 Å². The first-order valence-corrected chi connectivity index (χ1v) is 12.3. The topological polar surface area (TPSA) is 87.1 Å². The van der Waals surface area contributed by atoms with Crippen molar-refractivity contribution in [3.63, 3.8) is 0 Å². The fourth-order valence-corrected chi connectivity index (χ4v) is 6.40. The summed E-state index contributed by atoms with van der Waals surface area (Å²) in [5, 5.41) is 5.62. The first-order valence-electron chi connectivity index (χ1n) is 10.5. The highest BCUT2D eigenvalue weighted by atomic mass is 32.2. The molecule has 7 nitrogen and oxygen atoms in total. The van der Waals surface area contributed by atoms with Crippen molar-refractivity contribution in [3.8, 4) is 0 Å². The molecule has 0 spiro atoms. The van der Waals surface area contributed by atoms with E-state index >= 15 is 0 Å². The normalized spacial score (nSPS) is 24.8. The lowest BCUT2D eigenvalue weighted by atomic mass is 9.93. The Balaban J connectivity index is 1.44. The van der Waals surface area contributed by atoms with Gasteiger partial charge in [0.05, 0.1) is 17.5 Å². The maximum absolute atomic E-state index is 13.5. The Morgan fingerprint density at radius 3 is 2.48 bits per heavy atom. The van der Waals surface area contributed by atoms with Gasteiger partial charge in [0.1, 0.15) is 5.71 Å². The lowest BCUT2D eigenvalue weighted by Gasteiger charge is -2.29. The molecule has 2 unspecified atom stereocenters. The third kappa shape index (κ3) is 3.65. The second-order valence-electron chi connectivity index (χ2n) is 8.28. The number of fused-ring (bicyclic) bond motifs is 1. The number of hydrogen-bond donors (Lipinski definition) is 0. The minimum atomic E-state index is -3.16. The van der Waals surface area contributed by atoms with Crippen LogP contribution in [0, 0.1) is 0 Å². The molecule has 5 rings (SSSR count). The fourth-order valence-electron chi connectivity index (χ4n) is 4.70. The summed E-state index contributed by atoms with van der Waals surface area (Å²) in [6, 6.07) is 17.5. The summed E-state index contributed by atoms with van der Waals surface area (Å²) in [5.41, 5.74) is 3.40. The van der Waals surface area contributed by atoms with E-state index in [1.54, 1.807) is 4.90 Å². The number of hydrogen-bond acceptors (Lipinski definition) is 5. The van der Waals surface area contributed by atoms with Crippen LogP contribution in [0.5, 0.6) is 0 Å². The molecule has 1 saturated heterocycles. The first-order chi connectivity index (χ1) is 14.9. The average molecular weight is 438 g/mol. The van der Waals surface area contributed by atoms with E-state index < -0.39 is 15.9 Å². The van der Waals surface area contributed by atoms with Crippen molar-refractivity contribution in [2.75, 3.05) is 23.0 Å². The van der Waals surface area contributed by atoms with Gasteiger partial charge in [-0.25, -0.2) is 13.4 Å².